The van der Waals surface area contributed by atoms with E-state index in [4.69, 9.17) is 5.11 Å². The van der Waals surface area contributed by atoms with Gasteiger partial charge < -0.3 is 10.0 Å². The molecule has 2 heterocycles. The van der Waals surface area contributed by atoms with Gasteiger partial charge in [-0.2, -0.15) is 0 Å². The van der Waals surface area contributed by atoms with Crippen LogP contribution in [0.5, 0.6) is 0 Å². The molecule has 0 aliphatic carbocycles. The lowest BCUT2D eigenvalue weighted by atomic mass is 9.94. The van der Waals surface area contributed by atoms with E-state index in [9.17, 15) is 9.59 Å². The fourth-order valence-electron chi connectivity index (χ4n) is 3.05. The van der Waals surface area contributed by atoms with Crippen LogP contribution in [-0.4, -0.2) is 59.0 Å². The summed E-state index contributed by atoms with van der Waals surface area (Å²) in [5.41, 5.74) is 0. The highest BCUT2D eigenvalue weighted by atomic mass is 16.4. The third-order valence-electron chi connectivity index (χ3n) is 4.45. The Labute approximate surface area is 114 Å². The monoisotopic (exact) mass is 268 g/mol. The third kappa shape index (κ3) is 3.69. The predicted octanol–water partition coefficient (Wildman–Crippen LogP) is 1.18. The maximum atomic E-state index is 11.8. The molecule has 0 spiro atoms. The molecule has 1 N–H and O–H groups in total. The van der Waals surface area contributed by atoms with Crippen molar-refractivity contribution in [2.24, 2.45) is 5.92 Å². The molecule has 108 valence electrons. The van der Waals surface area contributed by atoms with Gasteiger partial charge in [0.25, 0.3) is 0 Å². The van der Waals surface area contributed by atoms with Crippen molar-refractivity contribution in [3.8, 4) is 0 Å². The van der Waals surface area contributed by atoms with Crippen molar-refractivity contribution < 1.29 is 14.7 Å². The molecule has 5 heteroatoms. The fourth-order valence-corrected chi connectivity index (χ4v) is 3.05. The first-order chi connectivity index (χ1) is 9.08. The lowest BCUT2D eigenvalue weighted by Crippen LogP contribution is -2.46. The van der Waals surface area contributed by atoms with Gasteiger partial charge in [0, 0.05) is 19.5 Å². The Morgan fingerprint density at radius 3 is 2.58 bits per heavy atom. The van der Waals surface area contributed by atoms with E-state index in [-0.39, 0.29) is 0 Å². The van der Waals surface area contributed by atoms with Crippen LogP contribution in [-0.2, 0) is 9.59 Å². The van der Waals surface area contributed by atoms with Gasteiger partial charge in [0.1, 0.15) is 6.04 Å². The zero-order chi connectivity index (χ0) is 13.8. The van der Waals surface area contributed by atoms with Crippen molar-refractivity contribution in [3.05, 3.63) is 0 Å². The highest BCUT2D eigenvalue weighted by molar-refractivity contribution is 5.76. The largest absolute Gasteiger partial charge is 0.480 e. The van der Waals surface area contributed by atoms with Gasteiger partial charge in [0.2, 0.25) is 5.91 Å². The molecule has 0 saturated carbocycles. The van der Waals surface area contributed by atoms with Crippen LogP contribution in [0.1, 0.15) is 39.0 Å². The minimum absolute atomic E-state index is 0.299. The molecule has 1 unspecified atom stereocenters. The zero-order valence-electron chi connectivity index (χ0n) is 11.7. The molecule has 1 amide bonds. The van der Waals surface area contributed by atoms with Crippen molar-refractivity contribution in [2.45, 2.75) is 45.1 Å². The molecule has 0 aromatic carbocycles. The van der Waals surface area contributed by atoms with E-state index in [1.165, 1.54) is 0 Å². The normalized spacial score (nSPS) is 24.5. The number of likely N-dealkylation sites (tertiary alicyclic amines) is 2. The van der Waals surface area contributed by atoms with E-state index < -0.39 is 12.0 Å². The molecule has 2 aliphatic rings. The van der Waals surface area contributed by atoms with Crippen molar-refractivity contribution in [3.63, 3.8) is 0 Å². The van der Waals surface area contributed by atoms with E-state index in [1.54, 1.807) is 6.92 Å². The maximum Gasteiger partial charge on any atom is 0.320 e. The predicted molar refractivity (Wildman–Crippen MR) is 71.8 cm³/mol. The third-order valence-corrected chi connectivity index (χ3v) is 4.45. The van der Waals surface area contributed by atoms with Crippen LogP contribution < -0.4 is 0 Å². The molecule has 2 saturated heterocycles. The molecule has 19 heavy (non-hydrogen) atoms. The van der Waals surface area contributed by atoms with E-state index in [0.717, 1.165) is 51.9 Å². The molecule has 2 aliphatic heterocycles. The molecule has 0 aromatic heterocycles. The average molecular weight is 268 g/mol. The highest BCUT2D eigenvalue weighted by Gasteiger charge is 2.28. The van der Waals surface area contributed by atoms with E-state index in [1.807, 2.05) is 9.80 Å². The fraction of sp³-hybridized carbons (Fsp3) is 0.857. The highest BCUT2D eigenvalue weighted by Crippen LogP contribution is 2.22. The van der Waals surface area contributed by atoms with Crippen LogP contribution >= 0.6 is 0 Å². The standard InChI is InChI=1S/C14H24N2O3/c1-11(14(18)19)15-8-5-12(6-9-15)10-16-7-3-2-4-13(16)17/h11-12H,2-10H2,1H3,(H,18,19). The van der Waals surface area contributed by atoms with Gasteiger partial charge in [-0.25, -0.2) is 0 Å². The molecule has 0 radical (unpaired) electrons. The van der Waals surface area contributed by atoms with Crippen LogP contribution in [0.2, 0.25) is 0 Å². The number of carboxylic acids is 1. The second-order valence-electron chi connectivity index (χ2n) is 5.79. The molecular weight excluding hydrogens is 244 g/mol. The second-order valence-corrected chi connectivity index (χ2v) is 5.79. The van der Waals surface area contributed by atoms with Crippen molar-refractivity contribution in [1.82, 2.24) is 9.80 Å². The Morgan fingerprint density at radius 1 is 1.32 bits per heavy atom. The molecule has 0 aromatic rings. The number of hydrogen-bond donors (Lipinski definition) is 1. The van der Waals surface area contributed by atoms with Crippen molar-refractivity contribution >= 4 is 11.9 Å². The summed E-state index contributed by atoms with van der Waals surface area (Å²) in [6.45, 7) is 5.19. The molecule has 1 atom stereocenters. The first kappa shape index (κ1) is 14.3. The topological polar surface area (TPSA) is 60.9 Å². The number of nitrogens with zero attached hydrogens (tertiary/aromatic N) is 2. The minimum atomic E-state index is -0.746. The van der Waals surface area contributed by atoms with Gasteiger partial charge in [-0.1, -0.05) is 0 Å². The Bertz CT molecular complexity index is 338. The van der Waals surface area contributed by atoms with Crippen LogP contribution in [0.4, 0.5) is 0 Å². The number of carbonyl (C=O) groups excluding carboxylic acids is 1. The second kappa shape index (κ2) is 6.37. The number of carbonyl (C=O) groups is 2. The summed E-state index contributed by atoms with van der Waals surface area (Å²) in [5.74, 6) is 0.0940. The zero-order valence-corrected chi connectivity index (χ0v) is 11.7. The number of amides is 1. The van der Waals surface area contributed by atoms with Crippen LogP contribution in [0, 0.1) is 5.92 Å². The van der Waals surface area contributed by atoms with Crippen LogP contribution in [0.15, 0.2) is 0 Å². The average Bonchev–Trinajstić information content (AvgIpc) is 2.41. The molecular formula is C14H24N2O3. The van der Waals surface area contributed by atoms with Crippen LogP contribution in [0.25, 0.3) is 0 Å². The van der Waals surface area contributed by atoms with E-state index in [0.29, 0.717) is 18.2 Å². The maximum absolute atomic E-state index is 11.8. The summed E-state index contributed by atoms with van der Waals surface area (Å²) in [5, 5.41) is 9.00. The first-order valence-corrected chi connectivity index (χ1v) is 7.32. The number of rotatable bonds is 4. The van der Waals surface area contributed by atoms with Gasteiger partial charge >= 0.3 is 5.97 Å². The van der Waals surface area contributed by atoms with Gasteiger partial charge in [-0.15, -0.1) is 0 Å². The summed E-state index contributed by atoms with van der Waals surface area (Å²) in [6.07, 6.45) is 4.86. The molecule has 2 rings (SSSR count). The molecule has 2 fully saturated rings. The van der Waals surface area contributed by atoms with Crippen molar-refractivity contribution in [1.29, 1.82) is 0 Å². The number of aliphatic carboxylic acids is 1. The number of hydrogen-bond acceptors (Lipinski definition) is 3. The van der Waals surface area contributed by atoms with Gasteiger partial charge in [-0.3, -0.25) is 14.5 Å². The SMILES string of the molecule is CC(C(=O)O)N1CCC(CN2CCCCC2=O)CC1. The number of carboxylic acid groups (broad SMARTS) is 1. The summed E-state index contributed by atoms with van der Waals surface area (Å²) < 4.78 is 0. The van der Waals surface area contributed by atoms with Crippen molar-refractivity contribution in [2.75, 3.05) is 26.2 Å². The lowest BCUT2D eigenvalue weighted by molar-refractivity contribution is -0.143. The first-order valence-electron chi connectivity index (χ1n) is 7.32. The molecule has 0 bridgehead atoms. The Kier molecular flexibility index (Phi) is 4.80. The van der Waals surface area contributed by atoms with Crippen LogP contribution in [0.3, 0.4) is 0 Å². The van der Waals surface area contributed by atoms with E-state index >= 15 is 0 Å². The Balaban J connectivity index is 1.77. The minimum Gasteiger partial charge on any atom is -0.480 e. The van der Waals surface area contributed by atoms with E-state index in [2.05, 4.69) is 0 Å². The summed E-state index contributed by atoms with van der Waals surface area (Å²) >= 11 is 0. The van der Waals surface area contributed by atoms with Gasteiger partial charge in [-0.05, 0) is 51.6 Å². The van der Waals surface area contributed by atoms with Gasteiger partial charge in [0.15, 0.2) is 0 Å². The smallest absolute Gasteiger partial charge is 0.320 e. The summed E-state index contributed by atoms with van der Waals surface area (Å²) in [6, 6.07) is -0.391. The van der Waals surface area contributed by atoms with Gasteiger partial charge in [0.05, 0.1) is 0 Å². The quantitative estimate of drug-likeness (QED) is 0.832. The lowest BCUT2D eigenvalue weighted by Gasteiger charge is -2.37. The summed E-state index contributed by atoms with van der Waals surface area (Å²) in [4.78, 5) is 26.7. The Hall–Kier alpha value is -1.10. The Morgan fingerprint density at radius 2 is 2.00 bits per heavy atom. The molecule has 5 nitrogen and oxygen atoms in total. The summed E-state index contributed by atoms with van der Waals surface area (Å²) in [7, 11) is 0. The number of piperidine rings is 2.